The van der Waals surface area contributed by atoms with Gasteiger partial charge >= 0.3 is 12.1 Å². The number of rotatable bonds is 4. The molecular weight excluding hydrogens is 416 g/mol. The van der Waals surface area contributed by atoms with Crippen molar-refractivity contribution in [1.29, 1.82) is 0 Å². The third kappa shape index (κ3) is 5.56. The maximum absolute atomic E-state index is 12.9. The maximum Gasteiger partial charge on any atom is 0.407 e. The molecule has 0 saturated carbocycles. The van der Waals surface area contributed by atoms with Crippen molar-refractivity contribution in [2.45, 2.75) is 50.2 Å². The Bertz CT molecular complexity index is 807. The highest BCUT2D eigenvalue weighted by molar-refractivity contribution is 7.89. The Labute approximate surface area is 167 Å². The van der Waals surface area contributed by atoms with Crippen LogP contribution in [0.15, 0.2) is 11.0 Å². The quantitative estimate of drug-likeness (QED) is 0.725. The molecule has 1 aliphatic rings. The minimum atomic E-state index is -3.89. The van der Waals surface area contributed by atoms with Gasteiger partial charge in [0.25, 0.3) is 0 Å². The first-order valence-corrected chi connectivity index (χ1v) is 10.9. The number of nitrogens with zero attached hydrogens (tertiary/aromatic N) is 1. The van der Waals surface area contributed by atoms with Crippen molar-refractivity contribution in [2.24, 2.45) is 0 Å². The lowest BCUT2D eigenvalue weighted by Gasteiger charge is -2.32. The molecule has 0 radical (unpaired) electrons. The van der Waals surface area contributed by atoms with Crippen LogP contribution in [0.25, 0.3) is 0 Å². The van der Waals surface area contributed by atoms with Crippen LogP contribution in [-0.4, -0.2) is 56.6 Å². The first-order valence-electron chi connectivity index (χ1n) is 8.31. The van der Waals surface area contributed by atoms with E-state index in [4.69, 9.17) is 16.3 Å². The highest BCUT2D eigenvalue weighted by Crippen LogP contribution is 2.33. The van der Waals surface area contributed by atoms with Crippen LogP contribution in [0, 0.1) is 0 Å². The lowest BCUT2D eigenvalue weighted by molar-refractivity contribution is 0.0488. The number of halogens is 1. The van der Waals surface area contributed by atoms with Crippen LogP contribution in [0.3, 0.4) is 0 Å². The molecular formula is C16H23ClN2O6S2. The summed E-state index contributed by atoms with van der Waals surface area (Å²) in [4.78, 5) is 23.5. The third-order valence-corrected chi connectivity index (χ3v) is 7.13. The SMILES string of the molecule is COC(=O)c1sc(Cl)cc1S(=O)(=O)N1CCC(NC(=O)OC(C)(C)C)CC1. The molecule has 11 heteroatoms. The molecule has 0 aromatic carbocycles. The van der Waals surface area contributed by atoms with Gasteiger partial charge in [-0.2, -0.15) is 4.31 Å². The van der Waals surface area contributed by atoms with E-state index in [1.807, 2.05) is 0 Å². The number of nitrogens with one attached hydrogen (secondary N) is 1. The van der Waals surface area contributed by atoms with Gasteiger partial charge in [0, 0.05) is 19.1 Å². The fraction of sp³-hybridized carbons (Fsp3) is 0.625. The molecule has 0 aliphatic carbocycles. The van der Waals surface area contributed by atoms with Gasteiger partial charge in [0.05, 0.1) is 11.4 Å². The predicted molar refractivity (Wildman–Crippen MR) is 102 cm³/mol. The lowest BCUT2D eigenvalue weighted by Crippen LogP contribution is -2.47. The van der Waals surface area contributed by atoms with Gasteiger partial charge in [-0.3, -0.25) is 0 Å². The van der Waals surface area contributed by atoms with E-state index in [1.165, 1.54) is 17.5 Å². The van der Waals surface area contributed by atoms with E-state index < -0.39 is 27.7 Å². The Morgan fingerprint density at radius 3 is 2.41 bits per heavy atom. The van der Waals surface area contributed by atoms with E-state index in [2.05, 4.69) is 10.1 Å². The Morgan fingerprint density at radius 2 is 1.89 bits per heavy atom. The molecule has 27 heavy (non-hydrogen) atoms. The molecule has 152 valence electrons. The summed E-state index contributed by atoms with van der Waals surface area (Å²) in [6, 6.07) is 1.08. The van der Waals surface area contributed by atoms with E-state index in [-0.39, 0.29) is 33.2 Å². The van der Waals surface area contributed by atoms with Crippen molar-refractivity contribution < 1.29 is 27.5 Å². The summed E-state index contributed by atoms with van der Waals surface area (Å²) in [5.74, 6) is -0.744. The van der Waals surface area contributed by atoms with Gasteiger partial charge in [0.1, 0.15) is 15.4 Å². The summed E-state index contributed by atoms with van der Waals surface area (Å²) in [5.41, 5.74) is -0.601. The van der Waals surface area contributed by atoms with Gasteiger partial charge in [-0.1, -0.05) is 11.6 Å². The monoisotopic (exact) mass is 438 g/mol. The summed E-state index contributed by atoms with van der Waals surface area (Å²) in [6.07, 6.45) is 0.342. The number of sulfonamides is 1. The molecule has 8 nitrogen and oxygen atoms in total. The number of methoxy groups -OCH3 is 1. The van der Waals surface area contributed by atoms with Gasteiger partial charge in [-0.05, 0) is 39.7 Å². The molecule has 1 saturated heterocycles. The fourth-order valence-corrected chi connectivity index (χ4v) is 5.80. The standard InChI is InChI=1S/C16H23ClN2O6S2/c1-16(2,3)25-15(21)18-10-5-7-19(8-6-10)27(22,23)11-9-12(17)26-13(11)14(20)24-4/h9-10H,5-8H2,1-4H3,(H,18,21). The van der Waals surface area contributed by atoms with Gasteiger partial charge in [0.2, 0.25) is 10.0 Å². The molecule has 0 unspecified atom stereocenters. The van der Waals surface area contributed by atoms with Crippen molar-refractivity contribution in [3.63, 3.8) is 0 Å². The van der Waals surface area contributed by atoms with E-state index in [0.29, 0.717) is 12.8 Å². The van der Waals surface area contributed by atoms with Crippen LogP contribution in [-0.2, 0) is 19.5 Å². The summed E-state index contributed by atoms with van der Waals surface area (Å²) in [7, 11) is -2.71. The van der Waals surface area contributed by atoms with Crippen LogP contribution in [0.2, 0.25) is 4.34 Å². The summed E-state index contributed by atoms with van der Waals surface area (Å²) in [5, 5.41) is 2.75. The zero-order chi connectivity index (χ0) is 20.4. The Hall–Kier alpha value is -1.36. The molecule has 1 aliphatic heterocycles. The van der Waals surface area contributed by atoms with Crippen molar-refractivity contribution in [3.8, 4) is 0 Å². The molecule has 1 amide bonds. The molecule has 0 bridgehead atoms. The second-order valence-electron chi connectivity index (χ2n) is 7.06. The van der Waals surface area contributed by atoms with Gasteiger partial charge in [-0.15, -0.1) is 11.3 Å². The zero-order valence-corrected chi connectivity index (χ0v) is 18.0. The number of hydrogen-bond donors (Lipinski definition) is 1. The van der Waals surface area contributed by atoms with Gasteiger partial charge in [0.15, 0.2) is 0 Å². The first kappa shape index (κ1) is 21.9. The smallest absolute Gasteiger partial charge is 0.407 e. The molecule has 0 spiro atoms. The second kappa shape index (κ2) is 8.34. The average Bonchev–Trinajstić information content (AvgIpc) is 2.95. The Morgan fingerprint density at radius 1 is 1.30 bits per heavy atom. The Balaban J connectivity index is 2.05. The molecule has 1 aromatic rings. The largest absolute Gasteiger partial charge is 0.465 e. The van der Waals surface area contributed by atoms with Crippen molar-refractivity contribution in [1.82, 2.24) is 9.62 Å². The molecule has 2 heterocycles. The number of carbonyl (C=O) groups excluding carboxylic acids is 2. The normalized spacial score (nSPS) is 16.8. The summed E-state index contributed by atoms with van der Waals surface area (Å²) >= 11 is 6.77. The lowest BCUT2D eigenvalue weighted by atomic mass is 10.1. The molecule has 1 aromatic heterocycles. The predicted octanol–water partition coefficient (Wildman–Crippen LogP) is 2.87. The highest BCUT2D eigenvalue weighted by Gasteiger charge is 2.35. The van der Waals surface area contributed by atoms with Crippen LogP contribution >= 0.6 is 22.9 Å². The minimum absolute atomic E-state index is 0.0449. The molecule has 1 N–H and O–H groups in total. The van der Waals surface area contributed by atoms with Crippen molar-refractivity contribution in [2.75, 3.05) is 20.2 Å². The third-order valence-electron chi connectivity index (χ3n) is 3.83. The van der Waals surface area contributed by atoms with Crippen LogP contribution in [0.1, 0.15) is 43.3 Å². The van der Waals surface area contributed by atoms with E-state index in [9.17, 15) is 18.0 Å². The van der Waals surface area contributed by atoms with E-state index in [0.717, 1.165) is 11.3 Å². The molecule has 0 atom stereocenters. The van der Waals surface area contributed by atoms with Crippen LogP contribution in [0.5, 0.6) is 0 Å². The van der Waals surface area contributed by atoms with E-state index in [1.54, 1.807) is 20.8 Å². The van der Waals surface area contributed by atoms with Crippen molar-refractivity contribution >= 4 is 45.0 Å². The second-order valence-corrected chi connectivity index (χ2v) is 10.6. The minimum Gasteiger partial charge on any atom is -0.465 e. The number of amides is 1. The number of carbonyl (C=O) groups is 2. The topological polar surface area (TPSA) is 102 Å². The summed E-state index contributed by atoms with van der Waals surface area (Å²) < 4.78 is 37.2. The Kier molecular flexibility index (Phi) is 6.77. The zero-order valence-electron chi connectivity index (χ0n) is 15.6. The van der Waals surface area contributed by atoms with Gasteiger partial charge in [-0.25, -0.2) is 18.0 Å². The number of alkyl carbamates (subject to hydrolysis) is 1. The first-order chi connectivity index (χ1) is 12.4. The summed E-state index contributed by atoms with van der Waals surface area (Å²) in [6.45, 7) is 5.72. The fourth-order valence-electron chi connectivity index (χ4n) is 2.63. The number of piperidine rings is 1. The molecule has 2 rings (SSSR count). The average molecular weight is 439 g/mol. The number of esters is 1. The number of thiophene rings is 1. The maximum atomic E-state index is 12.9. The number of hydrogen-bond acceptors (Lipinski definition) is 7. The molecule has 1 fully saturated rings. The van der Waals surface area contributed by atoms with E-state index >= 15 is 0 Å². The number of ether oxygens (including phenoxy) is 2. The van der Waals surface area contributed by atoms with Crippen LogP contribution in [0.4, 0.5) is 4.79 Å². The van der Waals surface area contributed by atoms with Crippen LogP contribution < -0.4 is 5.32 Å². The van der Waals surface area contributed by atoms with Gasteiger partial charge < -0.3 is 14.8 Å². The highest BCUT2D eigenvalue weighted by atomic mass is 35.5. The van der Waals surface area contributed by atoms with Crippen molar-refractivity contribution in [3.05, 3.63) is 15.3 Å².